The monoisotopic (exact) mass is 598 g/mol. The Balaban J connectivity index is 4.14. The number of rotatable bonds is 31. The maximum absolute atomic E-state index is 12.6. The normalized spacial score (nSPS) is 13.0. The second-order valence-electron chi connectivity index (χ2n) is 11.7. The van der Waals surface area contributed by atoms with Crippen molar-refractivity contribution in [3.8, 4) is 0 Å². The van der Waals surface area contributed by atoms with Gasteiger partial charge in [-0.25, -0.2) is 0 Å². The number of carbonyl (C=O) groups is 2. The number of esters is 1. The zero-order chi connectivity index (χ0) is 31.5. The number of carboxylic acid groups (broad SMARTS) is 1. The van der Waals surface area contributed by atoms with Crippen LogP contribution in [0.4, 0.5) is 0 Å². The second kappa shape index (κ2) is 34.1. The Morgan fingerprint density at radius 1 is 0.535 bits per heavy atom. The van der Waals surface area contributed by atoms with E-state index in [2.05, 4.69) is 74.6 Å². The van der Waals surface area contributed by atoms with E-state index in [0.717, 1.165) is 96.3 Å². The summed E-state index contributed by atoms with van der Waals surface area (Å²) in [6, 6.07) is 0. The summed E-state index contributed by atoms with van der Waals surface area (Å²) < 4.78 is 5.93. The summed E-state index contributed by atoms with van der Waals surface area (Å²) in [4.78, 5) is 23.2. The maximum Gasteiger partial charge on any atom is 0.306 e. The number of aliphatic carboxylic acids is 1. The topological polar surface area (TPSA) is 63.6 Å². The highest BCUT2D eigenvalue weighted by Gasteiger charge is 2.14. The van der Waals surface area contributed by atoms with E-state index in [1.807, 2.05) is 0 Å². The summed E-state index contributed by atoms with van der Waals surface area (Å²) in [5.41, 5.74) is 0. The quantitative estimate of drug-likeness (QED) is 0.0490. The van der Waals surface area contributed by atoms with Gasteiger partial charge in [-0.2, -0.15) is 0 Å². The van der Waals surface area contributed by atoms with Crippen molar-refractivity contribution in [3.05, 3.63) is 60.8 Å². The third-order valence-corrected chi connectivity index (χ3v) is 7.50. The number of carboxylic acids is 1. The Morgan fingerprint density at radius 3 is 1.47 bits per heavy atom. The first-order chi connectivity index (χ1) is 21.1. The first-order valence-electron chi connectivity index (χ1n) is 17.8. The molecule has 0 fully saturated rings. The van der Waals surface area contributed by atoms with Crippen LogP contribution in [0.15, 0.2) is 60.8 Å². The van der Waals surface area contributed by atoms with Gasteiger partial charge in [0.15, 0.2) is 0 Å². The Kier molecular flexibility index (Phi) is 32.3. The van der Waals surface area contributed by atoms with Crippen LogP contribution in [0, 0.1) is 0 Å². The Hall–Kier alpha value is -2.36. The van der Waals surface area contributed by atoms with Crippen LogP contribution >= 0.6 is 0 Å². The van der Waals surface area contributed by atoms with Gasteiger partial charge in [-0.05, 0) is 77.0 Å². The van der Waals surface area contributed by atoms with Gasteiger partial charge in [0.05, 0.1) is 0 Å². The van der Waals surface area contributed by atoms with E-state index in [9.17, 15) is 9.59 Å². The van der Waals surface area contributed by atoms with Crippen LogP contribution in [0.25, 0.3) is 0 Å². The van der Waals surface area contributed by atoms with Gasteiger partial charge in [-0.15, -0.1) is 0 Å². The lowest BCUT2D eigenvalue weighted by Crippen LogP contribution is -2.18. The van der Waals surface area contributed by atoms with Gasteiger partial charge >= 0.3 is 11.9 Å². The predicted molar refractivity (Wildman–Crippen MR) is 185 cm³/mol. The van der Waals surface area contributed by atoms with Gasteiger partial charge in [0.25, 0.3) is 0 Å². The summed E-state index contributed by atoms with van der Waals surface area (Å²) in [5.74, 6) is -0.767. The molecule has 0 saturated carbocycles. The highest BCUT2D eigenvalue weighted by molar-refractivity contribution is 5.69. The van der Waals surface area contributed by atoms with Gasteiger partial charge in [0.2, 0.25) is 0 Å². The van der Waals surface area contributed by atoms with E-state index in [4.69, 9.17) is 9.84 Å². The minimum absolute atomic E-state index is 0.0281. The number of hydrogen-bond acceptors (Lipinski definition) is 3. The van der Waals surface area contributed by atoms with E-state index in [-0.39, 0.29) is 18.5 Å². The number of hydrogen-bond donors (Lipinski definition) is 1. The molecular weight excluding hydrogens is 532 g/mol. The molecule has 0 heterocycles. The lowest BCUT2D eigenvalue weighted by Gasteiger charge is -2.18. The fourth-order valence-corrected chi connectivity index (χ4v) is 4.92. The standard InChI is InChI=1S/C39H66O4/c1-3-5-7-9-11-13-14-15-16-17-18-19-20-21-23-28-32-36-39(42)43-37(33-29-25-22-12-10-8-6-4-2)34-30-26-24-27-31-35-38(40)41/h5,7,11,13,15-16,18-19,21,23,37H,3-4,6,8-10,12,14,17,20,22,24-36H2,1-2H3,(H,40,41)/b7-5-,13-11-,16-15-,19-18-,23-21-. The number of carbonyl (C=O) groups excluding carboxylic acids is 1. The van der Waals surface area contributed by atoms with E-state index >= 15 is 0 Å². The summed E-state index contributed by atoms with van der Waals surface area (Å²) in [5, 5.41) is 8.78. The van der Waals surface area contributed by atoms with Gasteiger partial charge in [-0.1, -0.05) is 139 Å². The van der Waals surface area contributed by atoms with E-state index in [0.29, 0.717) is 6.42 Å². The fraction of sp³-hybridized carbons (Fsp3) is 0.692. The third-order valence-electron chi connectivity index (χ3n) is 7.50. The van der Waals surface area contributed by atoms with E-state index < -0.39 is 5.97 Å². The summed E-state index contributed by atoms with van der Waals surface area (Å²) in [7, 11) is 0. The molecule has 0 aromatic carbocycles. The Morgan fingerprint density at radius 2 is 0.977 bits per heavy atom. The summed E-state index contributed by atoms with van der Waals surface area (Å²) in [6.45, 7) is 4.41. The molecule has 4 heteroatoms. The molecule has 0 saturated heterocycles. The zero-order valence-electron chi connectivity index (χ0n) is 28.0. The van der Waals surface area contributed by atoms with Crippen LogP contribution in [0.5, 0.6) is 0 Å². The van der Waals surface area contributed by atoms with Crippen LogP contribution in [0.1, 0.15) is 168 Å². The molecule has 246 valence electrons. The third kappa shape index (κ3) is 34.0. The van der Waals surface area contributed by atoms with Crippen LogP contribution in [-0.2, 0) is 14.3 Å². The van der Waals surface area contributed by atoms with Crippen LogP contribution in [-0.4, -0.2) is 23.1 Å². The molecule has 0 aliphatic carbocycles. The molecule has 0 amide bonds. The molecule has 4 nitrogen and oxygen atoms in total. The number of unbranched alkanes of at least 4 members (excludes halogenated alkanes) is 12. The molecule has 43 heavy (non-hydrogen) atoms. The van der Waals surface area contributed by atoms with Crippen molar-refractivity contribution in [1.82, 2.24) is 0 Å². The fourth-order valence-electron chi connectivity index (χ4n) is 4.92. The Labute approximate surface area is 265 Å². The predicted octanol–water partition coefficient (Wildman–Crippen LogP) is 12.2. The van der Waals surface area contributed by atoms with Crippen LogP contribution in [0.2, 0.25) is 0 Å². The van der Waals surface area contributed by atoms with Gasteiger partial charge in [0.1, 0.15) is 6.10 Å². The van der Waals surface area contributed by atoms with Crippen molar-refractivity contribution in [3.63, 3.8) is 0 Å². The van der Waals surface area contributed by atoms with E-state index in [1.165, 1.54) is 44.9 Å². The highest BCUT2D eigenvalue weighted by Crippen LogP contribution is 2.18. The molecule has 0 rings (SSSR count). The highest BCUT2D eigenvalue weighted by atomic mass is 16.5. The molecule has 0 aromatic rings. The Bertz CT molecular complexity index is 774. The molecule has 0 spiro atoms. The van der Waals surface area contributed by atoms with E-state index in [1.54, 1.807) is 0 Å². The van der Waals surface area contributed by atoms with Gasteiger partial charge in [0, 0.05) is 12.8 Å². The lowest BCUT2D eigenvalue weighted by atomic mass is 10.0. The van der Waals surface area contributed by atoms with Crippen molar-refractivity contribution in [2.75, 3.05) is 0 Å². The average molecular weight is 599 g/mol. The minimum Gasteiger partial charge on any atom is -0.481 e. The molecule has 0 bridgehead atoms. The SMILES string of the molecule is CC/C=C\C/C=C\C/C=C\C/C=C\C/C=C\CCCC(=O)OC(CCCCCCCCCC)CCCCCCCC(=O)O. The average Bonchev–Trinajstić information content (AvgIpc) is 2.99. The van der Waals surface area contributed by atoms with Crippen molar-refractivity contribution in [2.45, 2.75) is 174 Å². The summed E-state index contributed by atoms with van der Waals surface area (Å²) >= 11 is 0. The molecule has 1 N–H and O–H groups in total. The molecule has 0 aliphatic rings. The molecule has 1 unspecified atom stereocenters. The smallest absolute Gasteiger partial charge is 0.306 e. The van der Waals surface area contributed by atoms with Gasteiger partial charge in [-0.3, -0.25) is 9.59 Å². The van der Waals surface area contributed by atoms with Crippen LogP contribution in [0.3, 0.4) is 0 Å². The largest absolute Gasteiger partial charge is 0.481 e. The number of ether oxygens (including phenoxy) is 1. The summed E-state index contributed by atoms with van der Waals surface area (Å²) in [6.07, 6.45) is 46.6. The zero-order valence-corrected chi connectivity index (χ0v) is 28.0. The first kappa shape index (κ1) is 40.6. The molecule has 0 aromatic heterocycles. The lowest BCUT2D eigenvalue weighted by molar-refractivity contribution is -0.150. The molecule has 1 atom stereocenters. The second-order valence-corrected chi connectivity index (χ2v) is 11.7. The first-order valence-corrected chi connectivity index (χ1v) is 17.8. The molecular formula is C39H66O4. The van der Waals surface area contributed by atoms with Gasteiger partial charge < -0.3 is 9.84 Å². The molecule has 0 aliphatic heterocycles. The van der Waals surface area contributed by atoms with Crippen molar-refractivity contribution in [2.24, 2.45) is 0 Å². The van der Waals surface area contributed by atoms with Crippen molar-refractivity contribution < 1.29 is 19.4 Å². The van der Waals surface area contributed by atoms with Crippen molar-refractivity contribution >= 4 is 11.9 Å². The van der Waals surface area contributed by atoms with Crippen LogP contribution < -0.4 is 0 Å². The molecule has 0 radical (unpaired) electrons. The minimum atomic E-state index is -0.710. The maximum atomic E-state index is 12.6. The number of allylic oxidation sites excluding steroid dienone is 10. The van der Waals surface area contributed by atoms with Crippen molar-refractivity contribution in [1.29, 1.82) is 0 Å².